The minimum atomic E-state index is -0.192. The van der Waals surface area contributed by atoms with Gasteiger partial charge in [0.15, 0.2) is 0 Å². The van der Waals surface area contributed by atoms with Gasteiger partial charge in [-0.25, -0.2) is 0 Å². The molecule has 0 aliphatic rings. The summed E-state index contributed by atoms with van der Waals surface area (Å²) < 4.78 is 3.48. The van der Waals surface area contributed by atoms with Gasteiger partial charge < -0.3 is 4.57 Å². The van der Waals surface area contributed by atoms with Crippen LogP contribution in [0.15, 0.2) is 38.0 Å². The van der Waals surface area contributed by atoms with Crippen LogP contribution >= 0.6 is 43.5 Å². The van der Waals surface area contributed by atoms with Gasteiger partial charge in [-0.3, -0.25) is 4.79 Å². The molecule has 0 saturated carbocycles. The van der Waals surface area contributed by atoms with E-state index in [1.807, 2.05) is 25.1 Å². The Balaban J connectivity index is 0.00000180. The molecule has 0 spiro atoms. The second-order valence-electron chi connectivity index (χ2n) is 3.66. The maximum absolute atomic E-state index is 12.0. The average molecular weight is 479 g/mol. The maximum Gasteiger partial charge on any atom is 0.212 e. The number of halogens is 3. The number of benzene rings is 1. The van der Waals surface area contributed by atoms with E-state index in [1.54, 1.807) is 4.57 Å². The van der Waals surface area contributed by atoms with Crippen molar-refractivity contribution in [2.45, 2.75) is 13.5 Å². The second-order valence-corrected chi connectivity index (χ2v) is 5.84. The van der Waals surface area contributed by atoms with E-state index >= 15 is 0 Å². The van der Waals surface area contributed by atoms with Gasteiger partial charge in [0.05, 0.1) is 0 Å². The van der Waals surface area contributed by atoms with E-state index in [2.05, 4.69) is 37.9 Å². The van der Waals surface area contributed by atoms with Crippen LogP contribution in [0.5, 0.6) is 0 Å². The number of hydrogen-bond donors (Lipinski definition) is 0. The zero-order valence-electron chi connectivity index (χ0n) is 10.1. The summed E-state index contributed by atoms with van der Waals surface area (Å²) in [6.45, 7) is 2.45. The molecule has 1 radical (unpaired) electrons. The zero-order valence-corrected chi connectivity index (χ0v) is 16.8. The quantitative estimate of drug-likeness (QED) is 0.582. The first-order chi connectivity index (χ1) is 8.54. The van der Waals surface area contributed by atoms with E-state index in [0.717, 1.165) is 20.2 Å². The Bertz CT molecular complexity index is 658. The van der Waals surface area contributed by atoms with Crippen molar-refractivity contribution >= 4 is 43.5 Å². The first-order valence-electron chi connectivity index (χ1n) is 5.31. The van der Waals surface area contributed by atoms with Gasteiger partial charge in [-0.15, -0.1) is 6.07 Å². The Hall–Kier alpha value is 0.524. The van der Waals surface area contributed by atoms with Crippen molar-refractivity contribution in [3.05, 3.63) is 54.7 Å². The molecule has 1 heterocycles. The molecular formula is C13H9Br2ClNOY-. The Morgan fingerprint density at radius 3 is 2.63 bits per heavy atom. The molecule has 0 unspecified atom stereocenters. The number of rotatable bonds is 2. The SMILES string of the molecule is CCn1c(-c2ccc(Br)cc2Br)[c-]cc(Cl)c1=O.[Y]. The van der Waals surface area contributed by atoms with E-state index in [0.29, 0.717) is 6.54 Å². The van der Waals surface area contributed by atoms with E-state index in [4.69, 9.17) is 11.6 Å². The molecule has 2 nitrogen and oxygen atoms in total. The predicted molar refractivity (Wildman–Crippen MR) is 81.1 cm³/mol. The number of hydrogen-bond acceptors (Lipinski definition) is 1. The van der Waals surface area contributed by atoms with Gasteiger partial charge in [0.25, 0.3) is 0 Å². The third kappa shape index (κ3) is 3.79. The van der Waals surface area contributed by atoms with Crippen LogP contribution in [0.1, 0.15) is 6.92 Å². The molecule has 97 valence electrons. The van der Waals surface area contributed by atoms with Crippen LogP contribution in [-0.4, -0.2) is 4.57 Å². The Morgan fingerprint density at radius 2 is 2.05 bits per heavy atom. The number of nitrogens with zero attached hydrogens (tertiary/aromatic N) is 1. The summed E-state index contributed by atoms with van der Waals surface area (Å²) in [5.41, 5.74) is 1.45. The molecule has 0 amide bonds. The van der Waals surface area contributed by atoms with Crippen LogP contribution in [-0.2, 0) is 39.3 Å². The summed E-state index contributed by atoms with van der Waals surface area (Å²) in [5, 5.41) is 0.189. The minimum Gasteiger partial charge on any atom is -0.341 e. The molecule has 0 saturated heterocycles. The first-order valence-corrected chi connectivity index (χ1v) is 7.27. The minimum absolute atomic E-state index is 0. The van der Waals surface area contributed by atoms with Gasteiger partial charge in [-0.2, -0.15) is 23.7 Å². The fourth-order valence-corrected chi connectivity index (χ4v) is 3.10. The Labute approximate surface area is 158 Å². The third-order valence-electron chi connectivity index (χ3n) is 2.56. The largest absolute Gasteiger partial charge is 0.341 e. The van der Waals surface area contributed by atoms with Gasteiger partial charge in [0, 0.05) is 48.7 Å². The van der Waals surface area contributed by atoms with Crippen LogP contribution in [0.3, 0.4) is 0 Å². The van der Waals surface area contributed by atoms with Crippen LogP contribution in [0.4, 0.5) is 0 Å². The summed E-state index contributed by atoms with van der Waals surface area (Å²) >= 11 is 12.7. The molecule has 0 aliphatic heterocycles. The second kappa shape index (κ2) is 7.51. The van der Waals surface area contributed by atoms with Crippen molar-refractivity contribution in [2.75, 3.05) is 0 Å². The fourth-order valence-electron chi connectivity index (χ4n) is 1.71. The van der Waals surface area contributed by atoms with Crippen LogP contribution in [0.2, 0.25) is 5.02 Å². The monoisotopic (exact) mass is 477 g/mol. The molecule has 0 bridgehead atoms. The summed E-state index contributed by atoms with van der Waals surface area (Å²) in [5.74, 6) is 0. The first kappa shape index (κ1) is 17.6. The van der Waals surface area contributed by atoms with Crippen molar-refractivity contribution in [3.63, 3.8) is 0 Å². The number of aromatic nitrogens is 1. The normalized spacial score (nSPS) is 10.1. The summed E-state index contributed by atoms with van der Waals surface area (Å²) in [4.78, 5) is 12.0. The summed E-state index contributed by atoms with van der Waals surface area (Å²) in [6.07, 6.45) is 0. The van der Waals surface area contributed by atoms with E-state index in [-0.39, 0.29) is 43.3 Å². The van der Waals surface area contributed by atoms with Gasteiger partial charge in [0.2, 0.25) is 5.56 Å². The van der Waals surface area contributed by atoms with Gasteiger partial charge >= 0.3 is 0 Å². The zero-order chi connectivity index (χ0) is 13.3. The van der Waals surface area contributed by atoms with Crippen molar-refractivity contribution in [2.24, 2.45) is 0 Å². The van der Waals surface area contributed by atoms with Crippen LogP contribution in [0.25, 0.3) is 11.3 Å². The molecule has 2 rings (SSSR count). The molecular weight excluding hydrogens is 470 g/mol. The molecule has 1 aromatic heterocycles. The predicted octanol–water partition coefficient (Wildman–Crippen LogP) is 4.51. The van der Waals surface area contributed by atoms with E-state index in [1.165, 1.54) is 6.07 Å². The van der Waals surface area contributed by atoms with Gasteiger partial charge in [0.1, 0.15) is 0 Å². The third-order valence-corrected chi connectivity index (χ3v) is 3.98. The molecule has 0 N–H and O–H groups in total. The van der Waals surface area contributed by atoms with Gasteiger partial charge in [-0.05, 0) is 17.5 Å². The Morgan fingerprint density at radius 1 is 1.37 bits per heavy atom. The summed E-state index contributed by atoms with van der Waals surface area (Å²) in [6, 6.07) is 10.4. The molecule has 2 aromatic rings. The van der Waals surface area contributed by atoms with E-state index in [9.17, 15) is 4.79 Å². The van der Waals surface area contributed by atoms with Crippen LogP contribution < -0.4 is 5.56 Å². The van der Waals surface area contributed by atoms with Crippen molar-refractivity contribution < 1.29 is 32.7 Å². The molecule has 0 aliphatic carbocycles. The van der Waals surface area contributed by atoms with Crippen molar-refractivity contribution in [3.8, 4) is 11.3 Å². The standard InChI is InChI=1S/C13H9Br2ClNO.Y/c1-2-17-12(6-5-11(16)13(17)18)9-4-3-8(14)7-10(9)15;/h3-5,7H,2H2,1H3;/q-1;. The molecule has 0 atom stereocenters. The van der Waals surface area contributed by atoms with Crippen LogP contribution in [0, 0.1) is 6.07 Å². The summed E-state index contributed by atoms with van der Waals surface area (Å²) in [7, 11) is 0. The maximum atomic E-state index is 12.0. The Kier molecular flexibility index (Phi) is 6.95. The molecule has 6 heteroatoms. The van der Waals surface area contributed by atoms with Crippen molar-refractivity contribution in [1.82, 2.24) is 4.57 Å². The smallest absolute Gasteiger partial charge is 0.212 e. The van der Waals surface area contributed by atoms with Gasteiger partial charge in [-0.1, -0.05) is 49.2 Å². The fraction of sp³-hybridized carbons (Fsp3) is 0.154. The average Bonchev–Trinajstić information content (AvgIpc) is 2.33. The molecule has 1 aromatic carbocycles. The van der Waals surface area contributed by atoms with Crippen molar-refractivity contribution in [1.29, 1.82) is 0 Å². The topological polar surface area (TPSA) is 22.0 Å². The number of pyridine rings is 1. The van der Waals surface area contributed by atoms with E-state index < -0.39 is 0 Å². The molecule has 0 fully saturated rings. The molecule has 19 heavy (non-hydrogen) atoms.